The van der Waals surface area contributed by atoms with Crippen LogP contribution >= 0.6 is 23.2 Å². The third-order valence-corrected chi connectivity index (χ3v) is 5.17. The van der Waals surface area contributed by atoms with Crippen LogP contribution in [0.3, 0.4) is 0 Å². The van der Waals surface area contributed by atoms with E-state index in [0.29, 0.717) is 11.8 Å². The van der Waals surface area contributed by atoms with Gasteiger partial charge in [0, 0.05) is 17.7 Å². The molecular formula is C13H23Cl2NO. The summed E-state index contributed by atoms with van der Waals surface area (Å²) in [5.41, 5.74) is -0.346. The lowest BCUT2D eigenvalue weighted by atomic mass is 9.81. The Kier molecular flexibility index (Phi) is 5.15. The van der Waals surface area contributed by atoms with Gasteiger partial charge in [0.1, 0.15) is 0 Å². The van der Waals surface area contributed by atoms with Crippen molar-refractivity contribution in [3.8, 4) is 0 Å². The van der Waals surface area contributed by atoms with E-state index in [1.54, 1.807) is 0 Å². The van der Waals surface area contributed by atoms with E-state index < -0.39 is 5.54 Å². The van der Waals surface area contributed by atoms with Crippen LogP contribution in [0.5, 0.6) is 0 Å². The molecule has 100 valence electrons. The Balaban J connectivity index is 2.71. The Labute approximate surface area is 114 Å². The smallest absolute Gasteiger partial charge is 0.224 e. The Hall–Kier alpha value is 0.0500. The van der Waals surface area contributed by atoms with Gasteiger partial charge >= 0.3 is 0 Å². The van der Waals surface area contributed by atoms with Gasteiger partial charge < -0.3 is 5.32 Å². The number of nitrogens with one attached hydrogen (secondary N) is 1. The minimum atomic E-state index is -0.446. The van der Waals surface area contributed by atoms with E-state index in [-0.39, 0.29) is 17.2 Å². The van der Waals surface area contributed by atoms with Crippen molar-refractivity contribution in [2.45, 2.75) is 52.0 Å². The molecule has 1 rings (SSSR count). The molecule has 0 aliphatic heterocycles. The maximum atomic E-state index is 12.3. The van der Waals surface area contributed by atoms with Gasteiger partial charge in [-0.25, -0.2) is 0 Å². The molecule has 4 heteroatoms. The molecule has 0 aromatic carbocycles. The molecule has 0 aromatic rings. The second-order valence-electron chi connectivity index (χ2n) is 5.82. The van der Waals surface area contributed by atoms with Gasteiger partial charge in [-0.1, -0.05) is 27.2 Å². The van der Waals surface area contributed by atoms with Crippen molar-refractivity contribution in [2.75, 3.05) is 11.8 Å². The lowest BCUT2D eigenvalue weighted by Crippen LogP contribution is -2.54. The molecule has 1 N–H and O–H groups in total. The first-order valence-electron chi connectivity index (χ1n) is 6.35. The van der Waals surface area contributed by atoms with Gasteiger partial charge in [0.05, 0.1) is 5.54 Å². The van der Waals surface area contributed by atoms with E-state index in [1.807, 2.05) is 6.92 Å². The normalized spacial score (nSPS) is 23.7. The highest BCUT2D eigenvalue weighted by Crippen LogP contribution is 2.42. The molecule has 2 nitrogen and oxygen atoms in total. The first-order chi connectivity index (χ1) is 7.90. The van der Waals surface area contributed by atoms with Gasteiger partial charge in [0.15, 0.2) is 0 Å². The first kappa shape index (κ1) is 15.1. The predicted octanol–water partition coefficient (Wildman–Crippen LogP) is 3.56. The van der Waals surface area contributed by atoms with Crippen molar-refractivity contribution in [2.24, 2.45) is 11.3 Å². The van der Waals surface area contributed by atoms with E-state index in [0.717, 1.165) is 25.7 Å². The Morgan fingerprint density at radius 2 is 2.00 bits per heavy atom. The number of alkyl halides is 2. The molecule has 0 heterocycles. The van der Waals surface area contributed by atoms with Crippen LogP contribution in [-0.4, -0.2) is 23.2 Å². The second-order valence-corrected chi connectivity index (χ2v) is 6.36. The largest absolute Gasteiger partial charge is 0.348 e. The van der Waals surface area contributed by atoms with Crippen molar-refractivity contribution in [3.05, 3.63) is 0 Å². The molecule has 0 radical (unpaired) electrons. The summed E-state index contributed by atoms with van der Waals surface area (Å²) in [6.45, 7) is 6.34. The van der Waals surface area contributed by atoms with Crippen LogP contribution in [0.15, 0.2) is 0 Å². The van der Waals surface area contributed by atoms with E-state index in [1.165, 1.54) is 0 Å². The van der Waals surface area contributed by atoms with Crippen LogP contribution in [0, 0.1) is 11.3 Å². The van der Waals surface area contributed by atoms with Crippen molar-refractivity contribution < 1.29 is 4.79 Å². The Morgan fingerprint density at radius 1 is 1.41 bits per heavy atom. The molecule has 1 aliphatic carbocycles. The summed E-state index contributed by atoms with van der Waals surface area (Å²) in [4.78, 5) is 12.3. The third kappa shape index (κ3) is 3.29. The van der Waals surface area contributed by atoms with Gasteiger partial charge in [-0.15, -0.1) is 23.2 Å². The van der Waals surface area contributed by atoms with Crippen molar-refractivity contribution >= 4 is 29.1 Å². The molecule has 0 aromatic heterocycles. The monoisotopic (exact) mass is 279 g/mol. The molecule has 1 atom stereocenters. The molecule has 0 spiro atoms. The lowest BCUT2D eigenvalue weighted by Gasteiger charge is -2.34. The molecule has 17 heavy (non-hydrogen) atoms. The summed E-state index contributed by atoms with van der Waals surface area (Å²) >= 11 is 11.9. The number of amides is 1. The van der Waals surface area contributed by atoms with Crippen LogP contribution in [0.2, 0.25) is 0 Å². The zero-order valence-electron chi connectivity index (χ0n) is 11.0. The molecule has 1 saturated carbocycles. The lowest BCUT2D eigenvalue weighted by molar-refractivity contribution is -0.129. The van der Waals surface area contributed by atoms with Gasteiger partial charge in [-0.3, -0.25) is 4.79 Å². The number of carbonyl (C=O) groups is 1. The molecule has 1 amide bonds. The van der Waals surface area contributed by atoms with Gasteiger partial charge in [-0.05, 0) is 24.7 Å². The standard InChI is InChI=1S/C13H23Cl2NO/c1-4-13(8-14,9-15)16-11(17)10-6-5-7-12(10,2)3/h10H,4-9H2,1-3H3,(H,16,17). The molecule has 0 bridgehead atoms. The summed E-state index contributed by atoms with van der Waals surface area (Å²) in [6, 6.07) is 0. The molecule has 1 aliphatic rings. The van der Waals surface area contributed by atoms with Crippen LogP contribution < -0.4 is 5.32 Å². The van der Waals surface area contributed by atoms with E-state index in [9.17, 15) is 4.79 Å². The van der Waals surface area contributed by atoms with Crippen molar-refractivity contribution in [3.63, 3.8) is 0 Å². The van der Waals surface area contributed by atoms with Crippen molar-refractivity contribution in [1.82, 2.24) is 5.32 Å². The molecule has 1 fully saturated rings. The number of carbonyl (C=O) groups excluding carboxylic acids is 1. The fourth-order valence-electron chi connectivity index (χ4n) is 2.54. The number of hydrogen-bond acceptors (Lipinski definition) is 1. The highest BCUT2D eigenvalue weighted by molar-refractivity contribution is 6.22. The minimum Gasteiger partial charge on any atom is -0.348 e. The highest BCUT2D eigenvalue weighted by atomic mass is 35.5. The fourth-order valence-corrected chi connectivity index (χ4v) is 3.34. The molecule has 1 unspecified atom stereocenters. The van der Waals surface area contributed by atoms with Gasteiger partial charge in [0.2, 0.25) is 5.91 Å². The Bertz CT molecular complexity index is 266. The summed E-state index contributed by atoms with van der Waals surface area (Å²) < 4.78 is 0. The van der Waals surface area contributed by atoms with Crippen LogP contribution in [0.4, 0.5) is 0 Å². The van der Waals surface area contributed by atoms with E-state index >= 15 is 0 Å². The van der Waals surface area contributed by atoms with Crippen LogP contribution in [-0.2, 0) is 4.79 Å². The zero-order valence-corrected chi connectivity index (χ0v) is 12.5. The molecular weight excluding hydrogens is 257 g/mol. The summed E-state index contributed by atoms with van der Waals surface area (Å²) in [5.74, 6) is 0.952. The topological polar surface area (TPSA) is 29.1 Å². The minimum absolute atomic E-state index is 0.0971. The third-order valence-electron chi connectivity index (χ3n) is 4.15. The zero-order chi connectivity index (χ0) is 13.1. The van der Waals surface area contributed by atoms with E-state index in [2.05, 4.69) is 19.2 Å². The quantitative estimate of drug-likeness (QED) is 0.767. The second kappa shape index (κ2) is 5.79. The van der Waals surface area contributed by atoms with Crippen LogP contribution in [0.25, 0.3) is 0 Å². The SMILES string of the molecule is CCC(CCl)(CCl)NC(=O)C1CCCC1(C)C. The Morgan fingerprint density at radius 3 is 2.35 bits per heavy atom. The van der Waals surface area contributed by atoms with Crippen molar-refractivity contribution in [1.29, 1.82) is 0 Å². The summed E-state index contributed by atoms with van der Waals surface area (Å²) in [7, 11) is 0. The van der Waals surface area contributed by atoms with Gasteiger partial charge in [-0.2, -0.15) is 0 Å². The fraction of sp³-hybridized carbons (Fsp3) is 0.923. The highest BCUT2D eigenvalue weighted by Gasteiger charge is 2.41. The van der Waals surface area contributed by atoms with Crippen LogP contribution in [0.1, 0.15) is 46.5 Å². The maximum Gasteiger partial charge on any atom is 0.224 e. The predicted molar refractivity (Wildman–Crippen MR) is 73.7 cm³/mol. The average Bonchev–Trinajstić information content (AvgIpc) is 2.66. The number of hydrogen-bond donors (Lipinski definition) is 1. The summed E-state index contributed by atoms with van der Waals surface area (Å²) in [6.07, 6.45) is 3.99. The van der Waals surface area contributed by atoms with Gasteiger partial charge in [0.25, 0.3) is 0 Å². The van der Waals surface area contributed by atoms with E-state index in [4.69, 9.17) is 23.2 Å². The average molecular weight is 280 g/mol. The number of halogens is 2. The summed E-state index contributed by atoms with van der Waals surface area (Å²) in [5, 5.41) is 3.07. The maximum absolute atomic E-state index is 12.3. The molecule has 0 saturated heterocycles. The number of rotatable bonds is 5. The first-order valence-corrected chi connectivity index (χ1v) is 7.41.